The SMILES string of the molecule is O=Cc1ccc(C[C@@H]2CNC(=O)OC2)s1. The van der Waals surface area contributed by atoms with Crippen molar-refractivity contribution in [1.29, 1.82) is 0 Å². The average molecular weight is 225 g/mol. The summed E-state index contributed by atoms with van der Waals surface area (Å²) in [6, 6.07) is 3.76. The molecule has 1 amide bonds. The van der Waals surface area contributed by atoms with E-state index in [1.54, 1.807) is 0 Å². The van der Waals surface area contributed by atoms with E-state index in [1.807, 2.05) is 12.1 Å². The summed E-state index contributed by atoms with van der Waals surface area (Å²) in [5.41, 5.74) is 0. The Balaban J connectivity index is 1.91. The molecule has 1 aromatic heterocycles. The van der Waals surface area contributed by atoms with Crippen LogP contribution in [0.2, 0.25) is 0 Å². The molecule has 4 nitrogen and oxygen atoms in total. The molecule has 2 rings (SSSR count). The first-order valence-corrected chi connectivity index (χ1v) is 5.54. The van der Waals surface area contributed by atoms with E-state index in [9.17, 15) is 9.59 Å². The summed E-state index contributed by atoms with van der Waals surface area (Å²) in [5.74, 6) is 0.306. The second kappa shape index (κ2) is 4.44. The van der Waals surface area contributed by atoms with E-state index in [4.69, 9.17) is 4.74 Å². The Morgan fingerprint density at radius 2 is 2.47 bits per heavy atom. The number of nitrogens with one attached hydrogen (secondary N) is 1. The lowest BCUT2D eigenvalue weighted by molar-refractivity contribution is 0.103. The van der Waals surface area contributed by atoms with Gasteiger partial charge in [0.2, 0.25) is 0 Å². The Labute approximate surface area is 91.2 Å². The highest BCUT2D eigenvalue weighted by atomic mass is 32.1. The lowest BCUT2D eigenvalue weighted by Crippen LogP contribution is -2.39. The molecule has 0 spiro atoms. The highest BCUT2D eigenvalue weighted by molar-refractivity contribution is 7.13. The van der Waals surface area contributed by atoms with Gasteiger partial charge in [0.15, 0.2) is 6.29 Å². The van der Waals surface area contributed by atoms with Gasteiger partial charge in [-0.15, -0.1) is 11.3 Å². The zero-order valence-electron chi connectivity index (χ0n) is 8.06. The lowest BCUT2D eigenvalue weighted by Gasteiger charge is -2.21. The summed E-state index contributed by atoms with van der Waals surface area (Å²) >= 11 is 1.49. The fraction of sp³-hybridized carbons (Fsp3) is 0.400. The summed E-state index contributed by atoms with van der Waals surface area (Å²) in [7, 11) is 0. The summed E-state index contributed by atoms with van der Waals surface area (Å²) in [6.07, 6.45) is 1.36. The molecule has 80 valence electrons. The molecule has 0 saturated carbocycles. The van der Waals surface area contributed by atoms with Crippen LogP contribution in [0, 0.1) is 5.92 Å². The predicted octanol–water partition coefficient (Wildman–Crippen LogP) is 1.46. The highest BCUT2D eigenvalue weighted by Gasteiger charge is 2.19. The maximum Gasteiger partial charge on any atom is 0.407 e. The summed E-state index contributed by atoms with van der Waals surface area (Å²) < 4.78 is 4.88. The largest absolute Gasteiger partial charge is 0.449 e. The molecule has 1 aromatic rings. The Morgan fingerprint density at radius 1 is 1.60 bits per heavy atom. The van der Waals surface area contributed by atoms with Crippen molar-refractivity contribution in [2.45, 2.75) is 6.42 Å². The van der Waals surface area contributed by atoms with Gasteiger partial charge in [-0.25, -0.2) is 4.79 Å². The van der Waals surface area contributed by atoms with Gasteiger partial charge >= 0.3 is 6.09 Å². The fourth-order valence-electron chi connectivity index (χ4n) is 1.51. The molecule has 1 aliphatic heterocycles. The van der Waals surface area contributed by atoms with Crippen LogP contribution in [-0.2, 0) is 11.2 Å². The van der Waals surface area contributed by atoms with Crippen LogP contribution < -0.4 is 5.32 Å². The van der Waals surface area contributed by atoms with E-state index in [0.29, 0.717) is 19.1 Å². The number of ether oxygens (including phenoxy) is 1. The molecule has 15 heavy (non-hydrogen) atoms. The van der Waals surface area contributed by atoms with Gasteiger partial charge in [-0.3, -0.25) is 4.79 Å². The lowest BCUT2D eigenvalue weighted by atomic mass is 10.1. The van der Waals surface area contributed by atoms with E-state index >= 15 is 0 Å². The monoisotopic (exact) mass is 225 g/mol. The summed E-state index contributed by atoms with van der Waals surface area (Å²) in [4.78, 5) is 23.1. The van der Waals surface area contributed by atoms with E-state index in [2.05, 4.69) is 5.32 Å². The third-order valence-corrected chi connectivity index (χ3v) is 3.31. The second-order valence-electron chi connectivity index (χ2n) is 3.47. The maximum atomic E-state index is 10.7. The minimum absolute atomic E-state index is 0.306. The Bertz CT molecular complexity index is 364. The van der Waals surface area contributed by atoms with Gasteiger partial charge in [0, 0.05) is 17.3 Å². The molecule has 0 aromatic carbocycles. The van der Waals surface area contributed by atoms with Gasteiger partial charge in [0.05, 0.1) is 11.5 Å². The number of cyclic esters (lactones) is 1. The quantitative estimate of drug-likeness (QED) is 0.792. The van der Waals surface area contributed by atoms with Crippen molar-refractivity contribution in [1.82, 2.24) is 5.32 Å². The van der Waals surface area contributed by atoms with Crippen LogP contribution >= 0.6 is 11.3 Å². The molecule has 0 bridgehead atoms. The Hall–Kier alpha value is -1.36. The van der Waals surface area contributed by atoms with Gasteiger partial charge in [-0.05, 0) is 18.6 Å². The van der Waals surface area contributed by atoms with E-state index < -0.39 is 0 Å². The number of hydrogen-bond donors (Lipinski definition) is 1. The molecule has 2 heterocycles. The van der Waals surface area contributed by atoms with Crippen LogP contribution in [0.1, 0.15) is 14.5 Å². The molecule has 0 unspecified atom stereocenters. The first kappa shape index (κ1) is 10.2. The number of thiophene rings is 1. The summed E-state index contributed by atoms with van der Waals surface area (Å²) in [5, 5.41) is 2.65. The molecule has 1 aliphatic rings. The highest BCUT2D eigenvalue weighted by Crippen LogP contribution is 2.19. The van der Waals surface area contributed by atoms with Gasteiger partial charge in [0.25, 0.3) is 0 Å². The molecule has 1 saturated heterocycles. The molecule has 1 N–H and O–H groups in total. The van der Waals surface area contributed by atoms with Crippen molar-refractivity contribution >= 4 is 23.7 Å². The number of hydrogen-bond acceptors (Lipinski definition) is 4. The van der Waals surface area contributed by atoms with Crippen molar-refractivity contribution in [2.75, 3.05) is 13.2 Å². The van der Waals surface area contributed by atoms with Crippen LogP contribution in [0.4, 0.5) is 4.79 Å². The van der Waals surface area contributed by atoms with E-state index in [-0.39, 0.29) is 6.09 Å². The van der Waals surface area contributed by atoms with Crippen molar-refractivity contribution in [3.63, 3.8) is 0 Å². The number of aldehydes is 1. The van der Waals surface area contributed by atoms with E-state index in [0.717, 1.165) is 22.5 Å². The maximum absolute atomic E-state index is 10.7. The van der Waals surface area contributed by atoms with Crippen LogP contribution in [0.25, 0.3) is 0 Å². The first-order valence-electron chi connectivity index (χ1n) is 4.72. The number of alkyl carbamates (subject to hydrolysis) is 1. The molecule has 1 atom stereocenters. The molecule has 1 fully saturated rings. The second-order valence-corrected chi connectivity index (χ2v) is 4.67. The van der Waals surface area contributed by atoms with Crippen LogP contribution in [0.15, 0.2) is 12.1 Å². The molecule has 5 heteroatoms. The normalized spacial score (nSPS) is 20.5. The zero-order chi connectivity index (χ0) is 10.7. The Kier molecular flexibility index (Phi) is 3.01. The van der Waals surface area contributed by atoms with Crippen molar-refractivity contribution < 1.29 is 14.3 Å². The number of amides is 1. The first-order chi connectivity index (χ1) is 7.28. The fourth-order valence-corrected chi connectivity index (χ4v) is 2.46. The number of carbonyl (C=O) groups is 2. The minimum atomic E-state index is -0.342. The van der Waals surface area contributed by atoms with Crippen LogP contribution in [-0.4, -0.2) is 25.5 Å². The smallest absolute Gasteiger partial charge is 0.407 e. The Morgan fingerprint density at radius 3 is 3.07 bits per heavy atom. The predicted molar refractivity (Wildman–Crippen MR) is 56.3 cm³/mol. The number of carbonyl (C=O) groups excluding carboxylic acids is 2. The molecule has 0 radical (unpaired) electrons. The van der Waals surface area contributed by atoms with Gasteiger partial charge in [-0.1, -0.05) is 0 Å². The minimum Gasteiger partial charge on any atom is -0.449 e. The van der Waals surface area contributed by atoms with E-state index in [1.165, 1.54) is 11.3 Å². The van der Waals surface area contributed by atoms with Gasteiger partial charge in [0.1, 0.15) is 0 Å². The molecule has 0 aliphatic carbocycles. The van der Waals surface area contributed by atoms with Gasteiger partial charge in [-0.2, -0.15) is 0 Å². The van der Waals surface area contributed by atoms with Crippen LogP contribution in [0.5, 0.6) is 0 Å². The summed E-state index contributed by atoms with van der Waals surface area (Å²) in [6.45, 7) is 1.10. The molecular weight excluding hydrogens is 214 g/mol. The van der Waals surface area contributed by atoms with Crippen molar-refractivity contribution in [3.8, 4) is 0 Å². The van der Waals surface area contributed by atoms with Gasteiger partial charge < -0.3 is 10.1 Å². The topological polar surface area (TPSA) is 55.4 Å². The average Bonchev–Trinajstić information content (AvgIpc) is 2.69. The third kappa shape index (κ3) is 2.56. The van der Waals surface area contributed by atoms with Crippen molar-refractivity contribution in [2.24, 2.45) is 5.92 Å². The molecular formula is C10H11NO3S. The standard InChI is InChI=1S/C10H11NO3S/c12-5-9-2-1-8(15-9)3-7-4-11-10(13)14-6-7/h1-2,5,7H,3-4,6H2,(H,11,13)/t7-/m1/s1. The zero-order valence-corrected chi connectivity index (χ0v) is 8.88. The number of rotatable bonds is 3. The third-order valence-electron chi connectivity index (χ3n) is 2.27. The van der Waals surface area contributed by atoms with Crippen molar-refractivity contribution in [3.05, 3.63) is 21.9 Å². The van der Waals surface area contributed by atoms with Crippen LogP contribution in [0.3, 0.4) is 0 Å².